The number of imide groups is 2. The van der Waals surface area contributed by atoms with Gasteiger partial charge in [-0.05, 0) is 72.9 Å². The second-order valence-electron chi connectivity index (χ2n) is 13.5. The summed E-state index contributed by atoms with van der Waals surface area (Å²) in [7, 11) is 0. The Balaban J connectivity index is 1.32. The van der Waals surface area contributed by atoms with E-state index in [1.54, 1.807) is 54.6 Å². The molecule has 0 radical (unpaired) electrons. The highest BCUT2D eigenvalue weighted by Crippen LogP contribution is 2.65. The van der Waals surface area contributed by atoms with E-state index in [2.05, 4.69) is 10.4 Å². The van der Waals surface area contributed by atoms with Crippen LogP contribution < -0.4 is 10.3 Å². The van der Waals surface area contributed by atoms with Gasteiger partial charge in [-0.3, -0.25) is 29.5 Å². The number of anilines is 2. The number of aromatic hydroxyl groups is 1. The van der Waals surface area contributed by atoms with E-state index < -0.39 is 75.4 Å². The number of rotatable bonds is 5. The zero-order valence-electron chi connectivity index (χ0n) is 27.2. The highest BCUT2D eigenvalue weighted by atomic mass is 35.5. The number of para-hydroxylation sites is 1. The number of fused-ring (bicyclic) bond motifs is 4. The molecule has 1 aromatic heterocycles. The Hall–Kier alpha value is -4.91. The molecule has 6 atom stereocenters. The number of pyridine rings is 1. The zero-order chi connectivity index (χ0) is 37.6. The van der Waals surface area contributed by atoms with Crippen LogP contribution in [0.15, 0.2) is 96.7 Å². The van der Waals surface area contributed by atoms with Crippen molar-refractivity contribution in [1.29, 1.82) is 0 Å². The predicted molar refractivity (Wildman–Crippen MR) is 189 cm³/mol. The van der Waals surface area contributed by atoms with Gasteiger partial charge in [0.25, 0.3) is 11.8 Å². The summed E-state index contributed by atoms with van der Waals surface area (Å²) in [5.74, 6) is -7.87. The third-order valence-electron chi connectivity index (χ3n) is 10.9. The van der Waals surface area contributed by atoms with E-state index in [0.717, 1.165) is 4.90 Å². The molecule has 53 heavy (non-hydrogen) atoms. The molecule has 2 saturated heterocycles. The van der Waals surface area contributed by atoms with Crippen LogP contribution in [0, 0.1) is 23.7 Å². The second-order valence-corrected chi connectivity index (χ2v) is 14.7. The lowest BCUT2D eigenvalue weighted by molar-refractivity contribution is -0.139. The van der Waals surface area contributed by atoms with Crippen LogP contribution in [0.3, 0.4) is 0 Å². The van der Waals surface area contributed by atoms with Crippen molar-refractivity contribution in [3.05, 3.63) is 128 Å². The molecule has 3 aromatic carbocycles. The Kier molecular flexibility index (Phi) is 8.36. The van der Waals surface area contributed by atoms with Gasteiger partial charge in [0.15, 0.2) is 5.82 Å². The number of carbonyl (C=O) groups is 4. The van der Waals surface area contributed by atoms with Crippen molar-refractivity contribution >= 4 is 69.9 Å². The molecule has 9 nitrogen and oxygen atoms in total. The highest BCUT2D eigenvalue weighted by molar-refractivity contribution is 6.33. The smallest absolute Gasteiger partial charge is 0.417 e. The Labute approximate surface area is 314 Å². The SMILES string of the molecule is O=C1C2CC3C(=CCC4C(=O)N(c5ccccc5)C(=O)C43)C(c3cc(Cl)ccc3O)C2(c2ccc(Cl)cc2)C(=O)N1Nc1ncc(C(F)(F)F)cc1Cl. The topological polar surface area (TPSA) is 120 Å². The molecule has 4 amide bonds. The number of phenolic OH excluding ortho intramolecular Hbond substituents is 1. The summed E-state index contributed by atoms with van der Waals surface area (Å²) in [5, 5.41) is 12.2. The number of halogens is 6. The summed E-state index contributed by atoms with van der Waals surface area (Å²) in [5.41, 5.74) is 1.10. The Morgan fingerprint density at radius 1 is 0.849 bits per heavy atom. The molecule has 0 bridgehead atoms. The number of hydrazine groups is 1. The van der Waals surface area contributed by atoms with Crippen LogP contribution in [0.4, 0.5) is 24.7 Å². The van der Waals surface area contributed by atoms with Gasteiger partial charge in [-0.1, -0.05) is 76.8 Å². The monoisotopic (exact) mass is 780 g/mol. The number of amides is 4. The van der Waals surface area contributed by atoms with E-state index in [4.69, 9.17) is 34.8 Å². The first-order valence-corrected chi connectivity index (χ1v) is 17.6. The van der Waals surface area contributed by atoms with Gasteiger partial charge < -0.3 is 5.11 Å². The van der Waals surface area contributed by atoms with Crippen molar-refractivity contribution in [1.82, 2.24) is 9.99 Å². The summed E-state index contributed by atoms with van der Waals surface area (Å²) < 4.78 is 40.3. The van der Waals surface area contributed by atoms with Gasteiger partial charge in [0.2, 0.25) is 11.8 Å². The summed E-state index contributed by atoms with van der Waals surface area (Å²) in [6.45, 7) is 0. The summed E-state index contributed by atoms with van der Waals surface area (Å²) >= 11 is 19.0. The molecule has 6 unspecified atom stereocenters. The molecule has 4 aliphatic rings. The molecular weight excluding hydrogens is 756 g/mol. The van der Waals surface area contributed by atoms with Crippen molar-refractivity contribution in [3.63, 3.8) is 0 Å². The first kappa shape index (κ1) is 35.1. The van der Waals surface area contributed by atoms with Gasteiger partial charge >= 0.3 is 6.18 Å². The quantitative estimate of drug-likeness (QED) is 0.156. The second kappa shape index (κ2) is 12.6. The van der Waals surface area contributed by atoms with E-state index in [1.165, 1.54) is 18.2 Å². The maximum Gasteiger partial charge on any atom is 0.417 e. The van der Waals surface area contributed by atoms with E-state index in [-0.39, 0.29) is 35.0 Å². The summed E-state index contributed by atoms with van der Waals surface area (Å²) in [4.78, 5) is 63.2. The summed E-state index contributed by atoms with van der Waals surface area (Å²) in [6.07, 6.45) is -2.36. The lowest BCUT2D eigenvalue weighted by Crippen LogP contribution is -2.53. The van der Waals surface area contributed by atoms with Gasteiger partial charge in [-0.25, -0.2) is 4.98 Å². The molecule has 8 rings (SSSR count). The zero-order valence-corrected chi connectivity index (χ0v) is 29.4. The average molecular weight is 782 g/mol. The van der Waals surface area contributed by atoms with Crippen molar-refractivity contribution in [2.75, 3.05) is 10.3 Å². The maximum atomic E-state index is 15.2. The molecule has 2 aliphatic carbocycles. The van der Waals surface area contributed by atoms with Gasteiger partial charge in [-0.15, -0.1) is 0 Å². The number of aromatic nitrogens is 1. The number of hydrogen-bond acceptors (Lipinski definition) is 7. The fourth-order valence-corrected chi connectivity index (χ4v) is 9.23. The van der Waals surface area contributed by atoms with E-state index >= 15 is 4.79 Å². The number of allylic oxidation sites excluding steroid dienone is 2. The summed E-state index contributed by atoms with van der Waals surface area (Å²) in [6, 6.07) is 19.7. The minimum absolute atomic E-state index is 0.0774. The Morgan fingerprint density at radius 2 is 1.55 bits per heavy atom. The number of carbonyl (C=O) groups excluding carboxylic acids is 4. The molecule has 270 valence electrons. The van der Waals surface area contributed by atoms with Crippen molar-refractivity contribution in [3.8, 4) is 5.75 Å². The minimum atomic E-state index is -4.76. The van der Waals surface area contributed by atoms with E-state index in [0.29, 0.717) is 39.1 Å². The van der Waals surface area contributed by atoms with Crippen LogP contribution in [-0.2, 0) is 30.8 Å². The first-order chi connectivity index (χ1) is 25.2. The lowest BCUT2D eigenvalue weighted by Gasteiger charge is -2.50. The van der Waals surface area contributed by atoms with E-state index in [9.17, 15) is 32.7 Å². The van der Waals surface area contributed by atoms with Crippen LogP contribution in [0.5, 0.6) is 5.75 Å². The first-order valence-electron chi connectivity index (χ1n) is 16.5. The molecule has 3 fully saturated rings. The predicted octanol–water partition coefficient (Wildman–Crippen LogP) is 7.96. The number of hydrogen-bond donors (Lipinski definition) is 2. The standard InChI is InChI=1S/C38H26Cl3F3N4O5/c39-20-8-6-18(7-9-20)37-27(34(51)48(36(37)53)46-32-28(41)14-19(17-45-32)38(42,43)44)16-25-23(31(37)26-15-21(40)10-13-29(26)49)11-12-24-30(25)35(52)47(33(24)50)22-4-2-1-3-5-22/h1-11,13-15,17,24-25,27,30-31,49H,12,16H2,(H,45,46). The molecule has 2 N–H and O–H groups in total. The molecule has 4 aromatic rings. The third kappa shape index (κ3) is 5.32. The number of phenols is 1. The molecule has 0 spiro atoms. The number of nitrogens with one attached hydrogen (secondary N) is 1. The average Bonchev–Trinajstić information content (AvgIpc) is 3.51. The molecule has 3 heterocycles. The Morgan fingerprint density at radius 3 is 2.23 bits per heavy atom. The Bertz CT molecular complexity index is 2250. The van der Waals surface area contributed by atoms with Crippen LogP contribution in [0.25, 0.3) is 0 Å². The number of alkyl halides is 3. The van der Waals surface area contributed by atoms with Crippen molar-refractivity contribution in [2.24, 2.45) is 23.7 Å². The van der Waals surface area contributed by atoms with Crippen LogP contribution in [-0.4, -0.2) is 38.7 Å². The number of benzene rings is 3. The molecule has 2 aliphatic heterocycles. The van der Waals surface area contributed by atoms with Crippen LogP contribution in [0.2, 0.25) is 15.1 Å². The molecule has 15 heteroatoms. The minimum Gasteiger partial charge on any atom is -0.508 e. The maximum absolute atomic E-state index is 15.2. The largest absolute Gasteiger partial charge is 0.508 e. The third-order valence-corrected chi connectivity index (χ3v) is 11.6. The van der Waals surface area contributed by atoms with Gasteiger partial charge in [-0.2, -0.15) is 18.2 Å². The highest BCUT2D eigenvalue weighted by Gasteiger charge is 2.70. The number of nitrogens with zero attached hydrogens (tertiary/aromatic N) is 3. The molecular formula is C38H26Cl3F3N4O5. The van der Waals surface area contributed by atoms with Crippen LogP contribution in [0.1, 0.15) is 35.4 Å². The van der Waals surface area contributed by atoms with Gasteiger partial charge in [0, 0.05) is 27.7 Å². The lowest BCUT2D eigenvalue weighted by atomic mass is 9.49. The van der Waals surface area contributed by atoms with E-state index in [1.807, 2.05) is 6.08 Å². The fourth-order valence-electron chi connectivity index (χ4n) is 8.72. The van der Waals surface area contributed by atoms with Gasteiger partial charge in [0.1, 0.15) is 5.75 Å². The normalized spacial score (nSPS) is 26.7. The fraction of sp³-hybridized carbons (Fsp3) is 0.237. The van der Waals surface area contributed by atoms with Crippen molar-refractivity contribution in [2.45, 2.75) is 30.4 Å². The molecule has 1 saturated carbocycles. The van der Waals surface area contributed by atoms with Crippen molar-refractivity contribution < 1.29 is 37.5 Å². The van der Waals surface area contributed by atoms with Crippen LogP contribution >= 0.6 is 34.8 Å². The van der Waals surface area contributed by atoms with Gasteiger partial charge in [0.05, 0.1) is 39.4 Å².